The number of methoxy groups -OCH3 is 1. The van der Waals surface area contributed by atoms with E-state index in [2.05, 4.69) is 15.8 Å². The molecule has 0 atom stereocenters. The number of hydrazone groups is 1. The summed E-state index contributed by atoms with van der Waals surface area (Å²) in [5.74, 6) is -2.66. The molecule has 9 nitrogen and oxygen atoms in total. The molecule has 140 valence electrons. The van der Waals surface area contributed by atoms with Gasteiger partial charge in [-0.2, -0.15) is 5.10 Å². The van der Waals surface area contributed by atoms with Gasteiger partial charge >= 0.3 is 11.8 Å². The number of rotatable bonds is 7. The SMILES string of the molecule is COc1ccccc1NC(=O)C(=O)N/N=C\c1ccccc1OCC(=O)[O-]. The number of carboxylic acids is 1. The Morgan fingerprint density at radius 1 is 1.04 bits per heavy atom. The van der Waals surface area contributed by atoms with Crippen LogP contribution in [0, 0.1) is 0 Å². The molecule has 2 N–H and O–H groups in total. The number of benzene rings is 2. The number of hydrogen-bond donors (Lipinski definition) is 2. The lowest BCUT2D eigenvalue weighted by atomic mass is 10.2. The number of carbonyl (C=O) groups is 3. The lowest BCUT2D eigenvalue weighted by Gasteiger charge is -2.09. The largest absolute Gasteiger partial charge is 0.546 e. The maximum atomic E-state index is 11.9. The predicted octanol–water partition coefficient (Wildman–Crippen LogP) is -0.0873. The lowest BCUT2D eigenvalue weighted by Crippen LogP contribution is -2.32. The zero-order valence-electron chi connectivity index (χ0n) is 14.3. The maximum Gasteiger partial charge on any atom is 0.329 e. The second-order valence-corrected chi connectivity index (χ2v) is 5.05. The Morgan fingerprint density at radius 2 is 1.70 bits per heavy atom. The second-order valence-electron chi connectivity index (χ2n) is 5.05. The maximum absolute atomic E-state index is 11.9. The van der Waals surface area contributed by atoms with Gasteiger partial charge in [-0.25, -0.2) is 5.43 Å². The summed E-state index contributed by atoms with van der Waals surface area (Å²) in [5, 5.41) is 16.6. The summed E-state index contributed by atoms with van der Waals surface area (Å²) in [6, 6.07) is 13.0. The standard InChI is InChI=1S/C18H17N3O6/c1-26-15-9-5-3-7-13(15)20-17(24)18(25)21-19-10-12-6-2-4-8-14(12)27-11-16(22)23/h2-10H,11H2,1H3,(H,20,24)(H,21,25)(H,22,23)/p-1/b19-10-. The number of carbonyl (C=O) groups excluding carboxylic acids is 3. The first kappa shape index (κ1) is 19.4. The molecule has 0 heterocycles. The molecule has 0 fully saturated rings. The number of nitrogens with one attached hydrogen (secondary N) is 2. The molecular weight excluding hydrogens is 354 g/mol. The van der Waals surface area contributed by atoms with Gasteiger partial charge < -0.3 is 24.7 Å². The van der Waals surface area contributed by atoms with Crippen molar-refractivity contribution in [1.29, 1.82) is 0 Å². The highest BCUT2D eigenvalue weighted by atomic mass is 16.5. The van der Waals surface area contributed by atoms with E-state index in [4.69, 9.17) is 9.47 Å². The minimum atomic E-state index is -1.37. The van der Waals surface area contributed by atoms with Gasteiger partial charge in [0.05, 0.1) is 25.0 Å². The first-order chi connectivity index (χ1) is 13.0. The molecule has 27 heavy (non-hydrogen) atoms. The number of para-hydroxylation sites is 3. The van der Waals surface area contributed by atoms with Crippen molar-refractivity contribution in [3.8, 4) is 11.5 Å². The van der Waals surface area contributed by atoms with E-state index in [0.717, 1.165) is 0 Å². The topological polar surface area (TPSA) is 129 Å². The predicted molar refractivity (Wildman–Crippen MR) is 94.3 cm³/mol. The fourth-order valence-electron chi connectivity index (χ4n) is 1.99. The Hall–Kier alpha value is -3.88. The number of anilines is 1. The van der Waals surface area contributed by atoms with Gasteiger partial charge in [0.15, 0.2) is 0 Å². The van der Waals surface area contributed by atoms with Gasteiger partial charge in [0, 0.05) is 5.56 Å². The summed E-state index contributed by atoms with van der Waals surface area (Å²) in [5.41, 5.74) is 2.82. The summed E-state index contributed by atoms with van der Waals surface area (Å²) in [6.07, 6.45) is 1.22. The molecule has 2 aromatic carbocycles. The van der Waals surface area contributed by atoms with E-state index in [1.54, 1.807) is 42.5 Å². The van der Waals surface area contributed by atoms with Gasteiger partial charge in [-0.05, 0) is 24.3 Å². The number of amides is 2. The van der Waals surface area contributed by atoms with Crippen molar-refractivity contribution in [2.24, 2.45) is 5.10 Å². The summed E-state index contributed by atoms with van der Waals surface area (Å²) < 4.78 is 10.1. The number of nitrogens with zero attached hydrogens (tertiary/aromatic N) is 1. The molecule has 2 aromatic rings. The first-order valence-electron chi connectivity index (χ1n) is 7.70. The van der Waals surface area contributed by atoms with Crippen LogP contribution in [0.15, 0.2) is 53.6 Å². The second kappa shape index (κ2) is 9.56. The molecule has 2 amide bonds. The number of carboxylic acid groups (broad SMARTS) is 1. The van der Waals surface area contributed by atoms with E-state index in [9.17, 15) is 19.5 Å². The molecular formula is C18H16N3O6-. The van der Waals surface area contributed by atoms with E-state index in [1.807, 2.05) is 0 Å². The Bertz CT molecular complexity index is 866. The van der Waals surface area contributed by atoms with Crippen LogP contribution in [0.3, 0.4) is 0 Å². The van der Waals surface area contributed by atoms with E-state index < -0.39 is 24.4 Å². The van der Waals surface area contributed by atoms with Crippen LogP contribution in [0.25, 0.3) is 0 Å². The molecule has 0 saturated heterocycles. The van der Waals surface area contributed by atoms with Crippen molar-refractivity contribution < 1.29 is 29.0 Å². The Balaban J connectivity index is 1.97. The molecule has 0 aliphatic carbocycles. The Labute approximate surface area is 154 Å². The lowest BCUT2D eigenvalue weighted by molar-refractivity contribution is -0.307. The highest BCUT2D eigenvalue weighted by molar-refractivity contribution is 6.39. The van der Waals surface area contributed by atoms with Crippen LogP contribution in [-0.2, 0) is 14.4 Å². The normalized spacial score (nSPS) is 10.3. The van der Waals surface area contributed by atoms with Crippen LogP contribution in [0.4, 0.5) is 5.69 Å². The van der Waals surface area contributed by atoms with Crippen molar-refractivity contribution in [3.05, 3.63) is 54.1 Å². The van der Waals surface area contributed by atoms with Crippen molar-refractivity contribution in [1.82, 2.24) is 5.43 Å². The fraction of sp³-hybridized carbons (Fsp3) is 0.111. The number of aliphatic carboxylic acids is 1. The molecule has 0 aromatic heterocycles. The molecule has 0 aliphatic rings. The zero-order chi connectivity index (χ0) is 19.6. The van der Waals surface area contributed by atoms with Gasteiger partial charge in [0.25, 0.3) is 0 Å². The quantitative estimate of drug-likeness (QED) is 0.398. The summed E-state index contributed by atoms with van der Waals surface area (Å²) in [6.45, 7) is -0.626. The van der Waals surface area contributed by atoms with E-state index in [-0.39, 0.29) is 5.75 Å². The molecule has 0 radical (unpaired) electrons. The van der Waals surface area contributed by atoms with E-state index in [0.29, 0.717) is 17.0 Å². The highest BCUT2D eigenvalue weighted by Gasteiger charge is 2.15. The molecule has 2 rings (SSSR count). The average Bonchev–Trinajstić information content (AvgIpc) is 2.67. The van der Waals surface area contributed by atoms with E-state index >= 15 is 0 Å². The van der Waals surface area contributed by atoms with Gasteiger partial charge in [-0.1, -0.05) is 24.3 Å². The monoisotopic (exact) mass is 370 g/mol. The summed E-state index contributed by atoms with van der Waals surface area (Å²) in [4.78, 5) is 34.2. The Morgan fingerprint density at radius 3 is 2.41 bits per heavy atom. The molecule has 9 heteroatoms. The van der Waals surface area contributed by atoms with Gasteiger partial charge in [-0.15, -0.1) is 0 Å². The summed E-state index contributed by atoms with van der Waals surface area (Å²) in [7, 11) is 1.44. The van der Waals surface area contributed by atoms with Crippen molar-refractivity contribution in [2.45, 2.75) is 0 Å². The first-order valence-corrected chi connectivity index (χ1v) is 7.70. The smallest absolute Gasteiger partial charge is 0.329 e. The van der Waals surface area contributed by atoms with Gasteiger partial charge in [0.1, 0.15) is 18.1 Å². The molecule has 0 spiro atoms. The Kier molecular flexibility index (Phi) is 6.89. The van der Waals surface area contributed by atoms with Crippen LogP contribution < -0.4 is 25.3 Å². The van der Waals surface area contributed by atoms with Crippen LogP contribution in [0.2, 0.25) is 0 Å². The summed E-state index contributed by atoms with van der Waals surface area (Å²) >= 11 is 0. The minimum absolute atomic E-state index is 0.234. The van der Waals surface area contributed by atoms with Crippen LogP contribution >= 0.6 is 0 Å². The van der Waals surface area contributed by atoms with Crippen LogP contribution in [-0.4, -0.2) is 37.7 Å². The number of ether oxygens (including phenoxy) is 2. The third kappa shape index (κ3) is 5.85. The van der Waals surface area contributed by atoms with Crippen LogP contribution in [0.5, 0.6) is 11.5 Å². The van der Waals surface area contributed by atoms with Crippen molar-refractivity contribution in [3.63, 3.8) is 0 Å². The van der Waals surface area contributed by atoms with Crippen LogP contribution in [0.1, 0.15) is 5.56 Å². The van der Waals surface area contributed by atoms with Gasteiger partial charge in [0.2, 0.25) is 0 Å². The zero-order valence-corrected chi connectivity index (χ0v) is 14.3. The van der Waals surface area contributed by atoms with Crippen molar-refractivity contribution in [2.75, 3.05) is 19.0 Å². The minimum Gasteiger partial charge on any atom is -0.546 e. The third-order valence-corrected chi connectivity index (χ3v) is 3.20. The van der Waals surface area contributed by atoms with Crippen molar-refractivity contribution >= 4 is 29.7 Å². The molecule has 0 bridgehead atoms. The van der Waals surface area contributed by atoms with E-state index in [1.165, 1.54) is 19.4 Å². The molecule has 0 unspecified atom stereocenters. The fourth-order valence-corrected chi connectivity index (χ4v) is 1.99. The third-order valence-electron chi connectivity index (χ3n) is 3.20. The molecule has 0 aliphatic heterocycles. The highest BCUT2D eigenvalue weighted by Crippen LogP contribution is 2.22. The molecule has 0 saturated carbocycles. The number of hydrogen-bond acceptors (Lipinski definition) is 7. The van der Waals surface area contributed by atoms with Gasteiger partial charge in [-0.3, -0.25) is 9.59 Å². The average molecular weight is 370 g/mol.